The number of carbonyl (C=O) groups excluding carboxylic acids is 1. The van der Waals surface area contributed by atoms with Gasteiger partial charge in [0.1, 0.15) is 16.5 Å². The lowest BCUT2D eigenvalue weighted by Crippen LogP contribution is -2.21. The van der Waals surface area contributed by atoms with E-state index in [0.717, 1.165) is 36.5 Å². The lowest BCUT2D eigenvalue weighted by molar-refractivity contribution is -0.384. The molecular formula is C31H21ClF3N5O4. The van der Waals surface area contributed by atoms with Gasteiger partial charge in [0.05, 0.1) is 22.4 Å². The zero-order chi connectivity index (χ0) is 30.7. The SMILES string of the molecule is O=C(Nc1cc(Oc2ccc3c(c2)CCC3)cc([N+](=O)[O-])c1)c1nn2c(C(F)(F)F)c3c(nc2c1Cl)-c1ccccc1CC3. The summed E-state index contributed by atoms with van der Waals surface area (Å²) in [6.07, 6.45) is -1.46. The van der Waals surface area contributed by atoms with Crippen LogP contribution in [0.2, 0.25) is 5.02 Å². The maximum atomic E-state index is 14.5. The molecule has 2 aliphatic carbocycles. The van der Waals surface area contributed by atoms with Crippen LogP contribution >= 0.6 is 11.6 Å². The summed E-state index contributed by atoms with van der Waals surface area (Å²) in [7, 11) is 0. The van der Waals surface area contributed by atoms with Gasteiger partial charge in [-0.1, -0.05) is 41.9 Å². The number of nitro benzene ring substituents is 1. The smallest absolute Gasteiger partial charge is 0.433 e. The highest BCUT2D eigenvalue weighted by molar-refractivity contribution is 6.37. The third-order valence-electron chi connectivity index (χ3n) is 7.87. The van der Waals surface area contributed by atoms with Gasteiger partial charge in [0.15, 0.2) is 17.0 Å². The van der Waals surface area contributed by atoms with Gasteiger partial charge in [-0.25, -0.2) is 9.50 Å². The van der Waals surface area contributed by atoms with Gasteiger partial charge in [0.2, 0.25) is 0 Å². The summed E-state index contributed by atoms with van der Waals surface area (Å²) in [5, 5.41) is 17.7. The molecule has 2 aromatic heterocycles. The van der Waals surface area contributed by atoms with Crippen molar-refractivity contribution in [1.29, 1.82) is 0 Å². The second kappa shape index (κ2) is 10.3. The number of halogens is 4. The molecule has 0 atom stereocenters. The zero-order valence-electron chi connectivity index (χ0n) is 22.7. The number of nitrogens with one attached hydrogen (secondary N) is 1. The first-order valence-electron chi connectivity index (χ1n) is 13.7. The predicted octanol–water partition coefficient (Wildman–Crippen LogP) is 7.61. The summed E-state index contributed by atoms with van der Waals surface area (Å²) in [6, 6.07) is 16.3. The average molecular weight is 620 g/mol. The monoisotopic (exact) mass is 619 g/mol. The Balaban J connectivity index is 1.27. The van der Waals surface area contributed by atoms with Crippen LogP contribution in [0.3, 0.4) is 0 Å². The molecule has 1 N–H and O–H groups in total. The molecule has 13 heteroatoms. The first-order valence-corrected chi connectivity index (χ1v) is 14.1. The molecule has 5 aromatic rings. The van der Waals surface area contributed by atoms with Crippen LogP contribution in [0, 0.1) is 10.1 Å². The number of aromatic nitrogens is 3. The number of amides is 1. The molecule has 3 aromatic carbocycles. The van der Waals surface area contributed by atoms with Gasteiger partial charge in [-0.2, -0.15) is 18.3 Å². The molecule has 2 aliphatic rings. The van der Waals surface area contributed by atoms with Crippen molar-refractivity contribution in [1.82, 2.24) is 14.6 Å². The van der Waals surface area contributed by atoms with Crippen LogP contribution in [0.1, 0.15) is 44.9 Å². The van der Waals surface area contributed by atoms with Crippen LogP contribution in [0.25, 0.3) is 16.9 Å². The molecule has 44 heavy (non-hydrogen) atoms. The van der Waals surface area contributed by atoms with E-state index in [1.807, 2.05) is 18.2 Å². The Bertz CT molecular complexity index is 2020. The van der Waals surface area contributed by atoms with Crippen molar-refractivity contribution >= 4 is 34.5 Å². The number of fused-ring (bicyclic) bond motifs is 5. The molecule has 0 fully saturated rings. The van der Waals surface area contributed by atoms with E-state index in [0.29, 0.717) is 22.2 Å². The number of nitro groups is 1. The number of aryl methyl sites for hydroxylation is 3. The van der Waals surface area contributed by atoms with E-state index in [4.69, 9.17) is 16.3 Å². The van der Waals surface area contributed by atoms with Gasteiger partial charge in [-0.3, -0.25) is 14.9 Å². The molecule has 1 amide bonds. The minimum absolute atomic E-state index is 0.0364. The summed E-state index contributed by atoms with van der Waals surface area (Å²) in [5.41, 5.74) is 1.54. The number of ether oxygens (including phenoxy) is 1. The van der Waals surface area contributed by atoms with E-state index in [9.17, 15) is 28.1 Å². The fraction of sp³-hybridized carbons (Fsp3) is 0.194. The highest BCUT2D eigenvalue weighted by Gasteiger charge is 2.41. The normalized spacial score (nSPS) is 13.7. The van der Waals surface area contributed by atoms with Gasteiger partial charge in [0, 0.05) is 23.3 Å². The topological polar surface area (TPSA) is 112 Å². The minimum atomic E-state index is -4.83. The van der Waals surface area contributed by atoms with Gasteiger partial charge in [-0.05, 0) is 60.9 Å². The Hall–Kier alpha value is -4.97. The molecule has 0 saturated carbocycles. The summed E-state index contributed by atoms with van der Waals surface area (Å²) in [5.74, 6) is -0.417. The predicted molar refractivity (Wildman–Crippen MR) is 155 cm³/mol. The van der Waals surface area contributed by atoms with Crippen LogP contribution in [0.5, 0.6) is 11.5 Å². The Labute approximate surface area is 252 Å². The number of anilines is 1. The number of benzene rings is 3. The number of rotatable bonds is 5. The second-order valence-electron chi connectivity index (χ2n) is 10.7. The quantitative estimate of drug-likeness (QED) is 0.160. The number of carbonyl (C=O) groups is 1. The van der Waals surface area contributed by atoms with Crippen LogP contribution in [-0.4, -0.2) is 25.4 Å². The highest BCUT2D eigenvalue weighted by atomic mass is 35.5. The number of hydrogen-bond acceptors (Lipinski definition) is 6. The fourth-order valence-electron chi connectivity index (χ4n) is 5.94. The van der Waals surface area contributed by atoms with E-state index < -0.39 is 28.4 Å². The largest absolute Gasteiger partial charge is 0.457 e. The van der Waals surface area contributed by atoms with Gasteiger partial charge < -0.3 is 10.1 Å². The Morgan fingerprint density at radius 2 is 1.77 bits per heavy atom. The van der Waals surface area contributed by atoms with Crippen molar-refractivity contribution in [2.45, 2.75) is 38.3 Å². The standard InChI is InChI=1S/C31H21ClF3N5O4/c32-25-27(38-39-28(31(33,34)35)24-11-9-17-4-1-2-7-23(17)26(24)37-29(25)39)30(41)36-19-13-20(40(42)43)15-22(14-19)44-21-10-8-16-5-3-6-18(16)12-21/h1-2,4,7-8,10,12-15H,3,5-6,9,11H2,(H,36,41). The zero-order valence-corrected chi connectivity index (χ0v) is 23.5. The Morgan fingerprint density at radius 3 is 2.57 bits per heavy atom. The molecule has 0 radical (unpaired) electrons. The van der Waals surface area contributed by atoms with Crippen molar-refractivity contribution in [3.05, 3.63) is 109 Å². The van der Waals surface area contributed by atoms with Crippen molar-refractivity contribution < 1.29 is 27.6 Å². The average Bonchev–Trinajstić information content (AvgIpc) is 3.59. The lowest BCUT2D eigenvalue weighted by atomic mass is 9.88. The van der Waals surface area contributed by atoms with Crippen LogP contribution in [-0.2, 0) is 31.9 Å². The lowest BCUT2D eigenvalue weighted by Gasteiger charge is -2.23. The first-order chi connectivity index (χ1) is 21.1. The van der Waals surface area contributed by atoms with E-state index in [1.54, 1.807) is 24.3 Å². The highest BCUT2D eigenvalue weighted by Crippen LogP contribution is 2.42. The van der Waals surface area contributed by atoms with Crippen LogP contribution < -0.4 is 10.1 Å². The summed E-state index contributed by atoms with van der Waals surface area (Å²) < 4.78 is 49.9. The van der Waals surface area contributed by atoms with E-state index in [2.05, 4.69) is 15.4 Å². The minimum Gasteiger partial charge on any atom is -0.457 e. The van der Waals surface area contributed by atoms with Crippen LogP contribution in [0.15, 0.2) is 60.7 Å². The Morgan fingerprint density at radius 1 is 0.977 bits per heavy atom. The Kier molecular flexibility index (Phi) is 6.54. The summed E-state index contributed by atoms with van der Waals surface area (Å²) in [6.45, 7) is 0. The maximum absolute atomic E-state index is 14.5. The third-order valence-corrected chi connectivity index (χ3v) is 8.22. The number of non-ortho nitro benzene ring substituents is 1. The fourth-order valence-corrected chi connectivity index (χ4v) is 6.18. The number of hydrogen-bond donors (Lipinski definition) is 1. The molecule has 222 valence electrons. The van der Waals surface area contributed by atoms with Crippen LogP contribution in [0.4, 0.5) is 24.5 Å². The van der Waals surface area contributed by atoms with E-state index in [-0.39, 0.29) is 45.5 Å². The molecule has 0 saturated heterocycles. The molecule has 2 heterocycles. The van der Waals surface area contributed by atoms with Gasteiger partial charge >= 0.3 is 6.18 Å². The van der Waals surface area contributed by atoms with Crippen molar-refractivity contribution in [3.63, 3.8) is 0 Å². The molecular weight excluding hydrogens is 599 g/mol. The molecule has 0 unspecified atom stereocenters. The van der Waals surface area contributed by atoms with Crippen molar-refractivity contribution in [2.75, 3.05) is 5.32 Å². The molecule has 0 spiro atoms. The second-order valence-corrected chi connectivity index (χ2v) is 11.0. The molecule has 9 nitrogen and oxygen atoms in total. The summed E-state index contributed by atoms with van der Waals surface area (Å²) in [4.78, 5) is 28.8. The van der Waals surface area contributed by atoms with Crippen molar-refractivity contribution in [2.24, 2.45) is 0 Å². The molecule has 0 aliphatic heterocycles. The number of nitrogens with zero attached hydrogens (tertiary/aromatic N) is 4. The van der Waals surface area contributed by atoms with E-state index in [1.165, 1.54) is 17.7 Å². The number of alkyl halides is 3. The van der Waals surface area contributed by atoms with Gasteiger partial charge in [-0.15, -0.1) is 0 Å². The summed E-state index contributed by atoms with van der Waals surface area (Å²) >= 11 is 6.47. The molecule has 7 rings (SSSR count). The maximum Gasteiger partial charge on any atom is 0.433 e. The molecule has 0 bridgehead atoms. The third kappa shape index (κ3) is 4.80. The van der Waals surface area contributed by atoms with Crippen molar-refractivity contribution in [3.8, 4) is 22.8 Å². The van der Waals surface area contributed by atoms with E-state index >= 15 is 0 Å². The first kappa shape index (κ1) is 27.8. The van der Waals surface area contributed by atoms with Gasteiger partial charge in [0.25, 0.3) is 11.6 Å².